The molecule has 0 amide bonds. The van der Waals surface area contributed by atoms with Crippen molar-refractivity contribution in [2.75, 3.05) is 6.54 Å². The van der Waals surface area contributed by atoms with Crippen molar-refractivity contribution < 1.29 is 15.3 Å². The number of hydrogen-bond acceptors (Lipinski definition) is 4. The van der Waals surface area contributed by atoms with E-state index in [9.17, 15) is 0 Å². The summed E-state index contributed by atoms with van der Waals surface area (Å²) in [7, 11) is 0. The fourth-order valence-electron chi connectivity index (χ4n) is 0.887. The zero-order chi connectivity index (χ0) is 6.91. The fraction of sp³-hybridized carbons (Fsp3) is 1.00. The number of aliphatic hydroxyl groups is 3. The van der Waals surface area contributed by atoms with Gasteiger partial charge in [0.15, 0.2) is 0 Å². The summed E-state index contributed by atoms with van der Waals surface area (Å²) >= 11 is 0. The number of piperidine rings is 1. The number of nitrogens with one attached hydrogen (secondary N) is 1. The molecule has 0 aromatic rings. The molecule has 1 fully saturated rings. The molecule has 1 atom stereocenters. The standard InChI is InChI=1S/C5H11NO3/c7-4-2-1-3-6-5(4,8)9/h4,6-9H,1-3H2. The van der Waals surface area contributed by atoms with Crippen LogP contribution in [0.5, 0.6) is 0 Å². The van der Waals surface area contributed by atoms with Crippen LogP contribution in [-0.2, 0) is 0 Å². The van der Waals surface area contributed by atoms with Gasteiger partial charge >= 0.3 is 0 Å². The molecule has 0 aromatic carbocycles. The molecule has 1 rings (SSSR count). The second kappa shape index (κ2) is 2.22. The quantitative estimate of drug-likeness (QED) is 0.299. The Kier molecular flexibility index (Phi) is 1.72. The molecule has 1 unspecified atom stereocenters. The zero-order valence-corrected chi connectivity index (χ0v) is 5.04. The molecule has 0 spiro atoms. The van der Waals surface area contributed by atoms with Gasteiger partial charge in [-0.05, 0) is 12.8 Å². The van der Waals surface area contributed by atoms with E-state index in [0.29, 0.717) is 13.0 Å². The SMILES string of the molecule is OC1CCCNC1(O)O. The second-order valence-electron chi connectivity index (χ2n) is 2.31. The molecular weight excluding hydrogens is 122 g/mol. The van der Waals surface area contributed by atoms with Gasteiger partial charge in [0.2, 0.25) is 5.91 Å². The summed E-state index contributed by atoms with van der Waals surface area (Å²) in [4.78, 5) is 0. The van der Waals surface area contributed by atoms with Crippen LogP contribution >= 0.6 is 0 Å². The van der Waals surface area contributed by atoms with Crippen molar-refractivity contribution in [2.45, 2.75) is 24.9 Å². The van der Waals surface area contributed by atoms with Gasteiger partial charge in [0, 0.05) is 6.54 Å². The smallest absolute Gasteiger partial charge is 0.249 e. The minimum atomic E-state index is -2.06. The molecule has 9 heavy (non-hydrogen) atoms. The lowest BCUT2D eigenvalue weighted by molar-refractivity contribution is -0.255. The maximum atomic E-state index is 8.87. The molecule has 0 radical (unpaired) electrons. The molecule has 0 aliphatic carbocycles. The van der Waals surface area contributed by atoms with Crippen LogP contribution in [0.2, 0.25) is 0 Å². The number of aliphatic hydroxyl groups excluding tert-OH is 1. The van der Waals surface area contributed by atoms with Crippen LogP contribution in [0.4, 0.5) is 0 Å². The van der Waals surface area contributed by atoms with Crippen LogP contribution < -0.4 is 5.32 Å². The summed E-state index contributed by atoms with van der Waals surface area (Å²) in [6, 6.07) is 0. The van der Waals surface area contributed by atoms with Gasteiger partial charge < -0.3 is 15.3 Å². The Morgan fingerprint density at radius 3 is 2.44 bits per heavy atom. The Morgan fingerprint density at radius 2 is 2.11 bits per heavy atom. The van der Waals surface area contributed by atoms with Crippen molar-refractivity contribution in [3.63, 3.8) is 0 Å². The number of rotatable bonds is 0. The Labute approximate surface area is 53.1 Å². The lowest BCUT2D eigenvalue weighted by atomic mass is 10.1. The predicted octanol–water partition coefficient (Wildman–Crippen LogP) is -1.63. The summed E-state index contributed by atoms with van der Waals surface area (Å²) < 4.78 is 0. The molecular formula is C5H11NO3. The van der Waals surface area contributed by atoms with E-state index in [2.05, 4.69) is 5.32 Å². The van der Waals surface area contributed by atoms with Crippen molar-refractivity contribution in [1.82, 2.24) is 5.32 Å². The van der Waals surface area contributed by atoms with Gasteiger partial charge in [-0.3, -0.25) is 5.32 Å². The van der Waals surface area contributed by atoms with Crippen molar-refractivity contribution in [2.24, 2.45) is 0 Å². The van der Waals surface area contributed by atoms with Crippen LogP contribution in [0.15, 0.2) is 0 Å². The van der Waals surface area contributed by atoms with Crippen LogP contribution in [0, 0.1) is 0 Å². The highest BCUT2D eigenvalue weighted by atomic mass is 16.5. The van der Waals surface area contributed by atoms with E-state index in [0.717, 1.165) is 6.42 Å². The van der Waals surface area contributed by atoms with Crippen LogP contribution in [-0.4, -0.2) is 33.9 Å². The van der Waals surface area contributed by atoms with Crippen molar-refractivity contribution >= 4 is 0 Å². The molecule has 4 nitrogen and oxygen atoms in total. The summed E-state index contributed by atoms with van der Waals surface area (Å²) in [5.74, 6) is -2.06. The Hall–Kier alpha value is -0.160. The van der Waals surface area contributed by atoms with E-state index >= 15 is 0 Å². The van der Waals surface area contributed by atoms with E-state index in [4.69, 9.17) is 15.3 Å². The van der Waals surface area contributed by atoms with Gasteiger partial charge in [0.05, 0.1) is 0 Å². The highest BCUT2D eigenvalue weighted by Crippen LogP contribution is 2.13. The van der Waals surface area contributed by atoms with Crippen molar-refractivity contribution in [3.05, 3.63) is 0 Å². The third kappa shape index (κ3) is 1.40. The molecule has 1 aliphatic heterocycles. The fourth-order valence-corrected chi connectivity index (χ4v) is 0.887. The normalized spacial score (nSPS) is 34.3. The van der Waals surface area contributed by atoms with Crippen LogP contribution in [0.25, 0.3) is 0 Å². The molecule has 0 saturated carbocycles. The van der Waals surface area contributed by atoms with Gasteiger partial charge in [0.1, 0.15) is 6.10 Å². The van der Waals surface area contributed by atoms with Gasteiger partial charge in [-0.25, -0.2) is 0 Å². The predicted molar refractivity (Wildman–Crippen MR) is 30.4 cm³/mol. The van der Waals surface area contributed by atoms with Crippen molar-refractivity contribution in [3.8, 4) is 0 Å². The summed E-state index contributed by atoms with van der Waals surface area (Å²) in [5.41, 5.74) is 0. The van der Waals surface area contributed by atoms with Gasteiger partial charge in [-0.15, -0.1) is 0 Å². The van der Waals surface area contributed by atoms with E-state index in [-0.39, 0.29) is 0 Å². The first-order chi connectivity index (χ1) is 4.13. The lowest BCUT2D eigenvalue weighted by Crippen LogP contribution is -2.57. The molecule has 1 aliphatic rings. The maximum Gasteiger partial charge on any atom is 0.249 e. The van der Waals surface area contributed by atoms with E-state index in [1.807, 2.05) is 0 Å². The average molecular weight is 133 g/mol. The summed E-state index contributed by atoms with van der Waals surface area (Å²) in [5, 5.41) is 28.9. The minimum absolute atomic E-state index is 0.444. The highest BCUT2D eigenvalue weighted by Gasteiger charge is 2.34. The molecule has 0 aromatic heterocycles. The Balaban J connectivity index is 2.49. The maximum absolute atomic E-state index is 8.87. The molecule has 1 saturated heterocycles. The topological polar surface area (TPSA) is 72.7 Å². The monoisotopic (exact) mass is 133 g/mol. The third-order valence-corrected chi connectivity index (χ3v) is 1.50. The Morgan fingerprint density at radius 1 is 1.44 bits per heavy atom. The van der Waals surface area contributed by atoms with Crippen molar-refractivity contribution in [1.29, 1.82) is 0 Å². The minimum Gasteiger partial charge on any atom is -0.386 e. The highest BCUT2D eigenvalue weighted by molar-refractivity contribution is 4.77. The molecule has 54 valence electrons. The molecule has 4 heteroatoms. The van der Waals surface area contributed by atoms with E-state index in [1.54, 1.807) is 0 Å². The van der Waals surface area contributed by atoms with Gasteiger partial charge in [-0.1, -0.05) is 0 Å². The van der Waals surface area contributed by atoms with Gasteiger partial charge in [-0.2, -0.15) is 0 Å². The van der Waals surface area contributed by atoms with Crippen LogP contribution in [0.1, 0.15) is 12.8 Å². The average Bonchev–Trinajstić information content (AvgIpc) is 1.77. The van der Waals surface area contributed by atoms with E-state index in [1.165, 1.54) is 0 Å². The number of hydrogen-bond donors (Lipinski definition) is 4. The molecule has 4 N–H and O–H groups in total. The first-order valence-corrected chi connectivity index (χ1v) is 3.01. The van der Waals surface area contributed by atoms with Crippen LogP contribution in [0.3, 0.4) is 0 Å². The summed E-state index contributed by atoms with van der Waals surface area (Å²) in [6.45, 7) is 0.546. The Bertz CT molecular complexity index is 104. The van der Waals surface area contributed by atoms with E-state index < -0.39 is 12.0 Å². The van der Waals surface area contributed by atoms with Gasteiger partial charge in [0.25, 0.3) is 0 Å². The lowest BCUT2D eigenvalue weighted by Gasteiger charge is -2.32. The third-order valence-electron chi connectivity index (χ3n) is 1.50. The largest absolute Gasteiger partial charge is 0.386 e. The molecule has 1 heterocycles. The second-order valence-corrected chi connectivity index (χ2v) is 2.31. The zero-order valence-electron chi connectivity index (χ0n) is 5.04. The first kappa shape index (κ1) is 6.95. The first-order valence-electron chi connectivity index (χ1n) is 3.01. The molecule has 0 bridgehead atoms. The summed E-state index contributed by atoms with van der Waals surface area (Å²) in [6.07, 6.45) is 0.176.